The van der Waals surface area contributed by atoms with Crippen molar-refractivity contribution in [3.8, 4) is 11.5 Å². The van der Waals surface area contributed by atoms with Gasteiger partial charge in [-0.2, -0.15) is 0 Å². The van der Waals surface area contributed by atoms with Gasteiger partial charge in [-0.05, 0) is 37.0 Å². The van der Waals surface area contributed by atoms with Gasteiger partial charge in [-0.3, -0.25) is 4.79 Å². The number of ether oxygens (including phenoxy) is 2. The number of fused-ring (bicyclic) bond motifs is 1. The molecule has 0 atom stereocenters. The van der Waals surface area contributed by atoms with Crippen LogP contribution in [0, 0.1) is 5.92 Å². The van der Waals surface area contributed by atoms with Crippen molar-refractivity contribution >= 4 is 5.91 Å². The Morgan fingerprint density at radius 2 is 2.00 bits per heavy atom. The number of amides is 1. The van der Waals surface area contributed by atoms with Gasteiger partial charge in [0.2, 0.25) is 6.79 Å². The molecule has 1 aliphatic heterocycles. The van der Waals surface area contributed by atoms with Crippen LogP contribution in [0.25, 0.3) is 0 Å². The first kappa shape index (κ1) is 11.4. The quantitative estimate of drug-likeness (QED) is 0.891. The Kier molecular flexibility index (Phi) is 3.09. The van der Waals surface area contributed by atoms with Crippen molar-refractivity contribution in [2.45, 2.75) is 25.7 Å². The third kappa shape index (κ3) is 2.28. The summed E-state index contributed by atoms with van der Waals surface area (Å²) >= 11 is 0. The van der Waals surface area contributed by atoms with Gasteiger partial charge in [0, 0.05) is 12.1 Å². The molecule has 1 N–H and O–H groups in total. The Bertz CT molecular complexity index is 452. The van der Waals surface area contributed by atoms with Crippen LogP contribution in [0.1, 0.15) is 36.0 Å². The van der Waals surface area contributed by atoms with E-state index in [4.69, 9.17) is 9.47 Å². The fourth-order valence-electron chi connectivity index (χ4n) is 2.59. The molecule has 0 bridgehead atoms. The molecule has 1 saturated carbocycles. The van der Waals surface area contributed by atoms with E-state index in [0.717, 1.165) is 6.54 Å². The summed E-state index contributed by atoms with van der Waals surface area (Å²) in [6.45, 7) is 1.02. The summed E-state index contributed by atoms with van der Waals surface area (Å²) < 4.78 is 10.5. The molecule has 18 heavy (non-hydrogen) atoms. The lowest BCUT2D eigenvalue weighted by molar-refractivity contribution is 0.0947. The van der Waals surface area contributed by atoms with Crippen LogP contribution >= 0.6 is 0 Å². The number of benzene rings is 1. The van der Waals surface area contributed by atoms with Gasteiger partial charge >= 0.3 is 0 Å². The van der Waals surface area contributed by atoms with Crippen molar-refractivity contribution in [3.63, 3.8) is 0 Å². The van der Waals surface area contributed by atoms with Crippen molar-refractivity contribution in [1.29, 1.82) is 0 Å². The minimum absolute atomic E-state index is 0.0276. The molecular weight excluding hydrogens is 230 g/mol. The SMILES string of the molecule is O=C(NCC1CCCC1)c1ccc2c(c1)OCO2. The first-order chi connectivity index (χ1) is 8.83. The van der Waals surface area contributed by atoms with Crippen LogP contribution in [-0.2, 0) is 0 Å². The van der Waals surface area contributed by atoms with Gasteiger partial charge in [0.25, 0.3) is 5.91 Å². The molecule has 1 amide bonds. The highest BCUT2D eigenvalue weighted by molar-refractivity contribution is 5.94. The first-order valence-corrected chi connectivity index (χ1v) is 6.51. The number of carbonyl (C=O) groups is 1. The molecule has 0 spiro atoms. The largest absolute Gasteiger partial charge is 0.454 e. The lowest BCUT2D eigenvalue weighted by Gasteiger charge is -2.10. The van der Waals surface area contributed by atoms with Crippen LogP contribution in [0.2, 0.25) is 0 Å². The van der Waals surface area contributed by atoms with E-state index >= 15 is 0 Å². The molecule has 1 heterocycles. The van der Waals surface area contributed by atoms with E-state index in [0.29, 0.717) is 23.0 Å². The molecule has 0 aromatic heterocycles. The normalized spacial score (nSPS) is 18.0. The van der Waals surface area contributed by atoms with Crippen molar-refractivity contribution in [1.82, 2.24) is 5.32 Å². The number of nitrogens with one attached hydrogen (secondary N) is 1. The average molecular weight is 247 g/mol. The maximum Gasteiger partial charge on any atom is 0.251 e. The van der Waals surface area contributed by atoms with Gasteiger partial charge in [-0.1, -0.05) is 12.8 Å². The second-order valence-corrected chi connectivity index (χ2v) is 4.93. The molecule has 1 aromatic rings. The van der Waals surface area contributed by atoms with Crippen LogP contribution < -0.4 is 14.8 Å². The highest BCUT2D eigenvalue weighted by Gasteiger charge is 2.18. The van der Waals surface area contributed by atoms with Crippen LogP contribution in [0.4, 0.5) is 0 Å². The van der Waals surface area contributed by atoms with Gasteiger partial charge in [-0.25, -0.2) is 0 Å². The lowest BCUT2D eigenvalue weighted by atomic mass is 10.1. The Balaban J connectivity index is 1.61. The smallest absolute Gasteiger partial charge is 0.251 e. The van der Waals surface area contributed by atoms with E-state index in [2.05, 4.69) is 5.32 Å². The lowest BCUT2D eigenvalue weighted by Crippen LogP contribution is -2.28. The molecule has 0 unspecified atom stereocenters. The third-order valence-corrected chi connectivity index (χ3v) is 3.66. The minimum atomic E-state index is -0.0276. The van der Waals surface area contributed by atoms with Crippen molar-refractivity contribution in [3.05, 3.63) is 23.8 Å². The fraction of sp³-hybridized carbons (Fsp3) is 0.500. The summed E-state index contributed by atoms with van der Waals surface area (Å²) in [6, 6.07) is 5.30. The van der Waals surface area contributed by atoms with E-state index < -0.39 is 0 Å². The van der Waals surface area contributed by atoms with Crippen LogP contribution in [0.5, 0.6) is 11.5 Å². The second kappa shape index (κ2) is 4.88. The van der Waals surface area contributed by atoms with Gasteiger partial charge in [0.1, 0.15) is 0 Å². The summed E-state index contributed by atoms with van der Waals surface area (Å²) in [5.41, 5.74) is 0.636. The highest BCUT2D eigenvalue weighted by Crippen LogP contribution is 2.32. The Morgan fingerprint density at radius 3 is 2.83 bits per heavy atom. The number of hydrogen-bond donors (Lipinski definition) is 1. The monoisotopic (exact) mass is 247 g/mol. The predicted octanol–water partition coefficient (Wildman–Crippen LogP) is 2.34. The van der Waals surface area contributed by atoms with E-state index in [1.807, 2.05) is 0 Å². The number of rotatable bonds is 3. The second-order valence-electron chi connectivity index (χ2n) is 4.93. The van der Waals surface area contributed by atoms with Gasteiger partial charge in [-0.15, -0.1) is 0 Å². The maximum atomic E-state index is 12.0. The molecule has 0 radical (unpaired) electrons. The summed E-state index contributed by atoms with van der Waals surface area (Å²) in [5.74, 6) is 1.99. The zero-order valence-corrected chi connectivity index (χ0v) is 10.3. The topological polar surface area (TPSA) is 47.6 Å². The molecular formula is C14H17NO3. The van der Waals surface area contributed by atoms with Crippen molar-refractivity contribution < 1.29 is 14.3 Å². The zero-order valence-electron chi connectivity index (χ0n) is 10.3. The van der Waals surface area contributed by atoms with Crippen LogP contribution in [0.3, 0.4) is 0 Å². The molecule has 4 heteroatoms. The molecule has 0 saturated heterocycles. The summed E-state index contributed by atoms with van der Waals surface area (Å²) in [4.78, 5) is 12.0. The number of hydrogen-bond acceptors (Lipinski definition) is 3. The molecule has 2 aliphatic rings. The summed E-state index contributed by atoms with van der Waals surface area (Å²) in [7, 11) is 0. The molecule has 1 aliphatic carbocycles. The Morgan fingerprint density at radius 1 is 1.22 bits per heavy atom. The van der Waals surface area contributed by atoms with E-state index in [-0.39, 0.29) is 12.7 Å². The third-order valence-electron chi connectivity index (χ3n) is 3.66. The summed E-state index contributed by atoms with van der Waals surface area (Å²) in [5, 5.41) is 3.00. The Hall–Kier alpha value is -1.71. The molecule has 96 valence electrons. The van der Waals surface area contributed by atoms with Crippen LogP contribution in [0.15, 0.2) is 18.2 Å². The van der Waals surface area contributed by atoms with Crippen LogP contribution in [-0.4, -0.2) is 19.2 Å². The van der Waals surface area contributed by atoms with Gasteiger partial charge in [0.15, 0.2) is 11.5 Å². The van der Waals surface area contributed by atoms with E-state index in [1.165, 1.54) is 25.7 Å². The average Bonchev–Trinajstić information content (AvgIpc) is 3.05. The zero-order chi connectivity index (χ0) is 12.4. The Labute approximate surface area is 106 Å². The fourth-order valence-corrected chi connectivity index (χ4v) is 2.59. The molecule has 1 fully saturated rings. The highest BCUT2D eigenvalue weighted by atomic mass is 16.7. The van der Waals surface area contributed by atoms with E-state index in [1.54, 1.807) is 18.2 Å². The van der Waals surface area contributed by atoms with Crippen molar-refractivity contribution in [2.24, 2.45) is 5.92 Å². The summed E-state index contributed by atoms with van der Waals surface area (Å²) in [6.07, 6.45) is 5.07. The minimum Gasteiger partial charge on any atom is -0.454 e. The van der Waals surface area contributed by atoms with E-state index in [9.17, 15) is 4.79 Å². The number of carbonyl (C=O) groups excluding carboxylic acids is 1. The standard InChI is InChI=1S/C14H17NO3/c16-14(15-8-10-3-1-2-4-10)11-5-6-12-13(7-11)18-9-17-12/h5-7,10H,1-4,8-9H2,(H,15,16). The maximum absolute atomic E-state index is 12.0. The molecule has 1 aromatic carbocycles. The van der Waals surface area contributed by atoms with Crippen molar-refractivity contribution in [2.75, 3.05) is 13.3 Å². The van der Waals surface area contributed by atoms with Gasteiger partial charge < -0.3 is 14.8 Å². The first-order valence-electron chi connectivity index (χ1n) is 6.51. The predicted molar refractivity (Wildman–Crippen MR) is 66.9 cm³/mol. The molecule has 4 nitrogen and oxygen atoms in total. The molecule has 3 rings (SSSR count). The van der Waals surface area contributed by atoms with Gasteiger partial charge in [0.05, 0.1) is 0 Å².